The lowest BCUT2D eigenvalue weighted by Crippen LogP contribution is -2.36. The third-order valence-electron chi connectivity index (χ3n) is 5.53. The Morgan fingerprint density at radius 1 is 1.29 bits per heavy atom. The lowest BCUT2D eigenvalue weighted by Gasteiger charge is -2.28. The number of aromatic nitrogens is 1. The minimum absolute atomic E-state index is 0.0470. The van der Waals surface area contributed by atoms with E-state index in [2.05, 4.69) is 15.3 Å². The zero-order valence-electron chi connectivity index (χ0n) is 18.3. The van der Waals surface area contributed by atoms with Crippen molar-refractivity contribution in [3.63, 3.8) is 0 Å². The number of carbonyl (C=O) groups is 1. The van der Waals surface area contributed by atoms with Gasteiger partial charge in [0.25, 0.3) is 5.69 Å². The van der Waals surface area contributed by atoms with Gasteiger partial charge in [0.2, 0.25) is 5.91 Å². The van der Waals surface area contributed by atoms with E-state index in [4.69, 9.17) is 4.74 Å². The quantitative estimate of drug-likeness (QED) is 0.215. The van der Waals surface area contributed by atoms with Crippen molar-refractivity contribution in [3.05, 3.63) is 52.1 Å². The summed E-state index contributed by atoms with van der Waals surface area (Å²) in [5.41, 5.74) is 2.92. The van der Waals surface area contributed by atoms with Crippen LogP contribution in [0.2, 0.25) is 0 Å². The zero-order chi connectivity index (χ0) is 23.5. The predicted octanol–water partition coefficient (Wildman–Crippen LogP) is 4.16. The van der Waals surface area contributed by atoms with Crippen LogP contribution in [0, 0.1) is 10.1 Å². The molecule has 2 heterocycles. The molecule has 1 aromatic heterocycles. The number of anilines is 1. The Morgan fingerprint density at radius 2 is 2.12 bits per heavy atom. The Balaban J connectivity index is 1.28. The van der Waals surface area contributed by atoms with E-state index in [9.17, 15) is 14.9 Å². The van der Waals surface area contributed by atoms with Crippen molar-refractivity contribution >= 4 is 62.5 Å². The SMILES string of the molecule is O=C(CSc1nc2ccc(N=Cc3ccc(N4CCOCC4)c([N+](=O)[O-])c3)cc2s1)NC1CC1. The first kappa shape index (κ1) is 22.8. The number of hydrogen-bond acceptors (Lipinski definition) is 9. The highest BCUT2D eigenvalue weighted by atomic mass is 32.2. The number of carbonyl (C=O) groups excluding carboxylic acids is 1. The van der Waals surface area contributed by atoms with Crippen LogP contribution in [0.1, 0.15) is 18.4 Å². The van der Waals surface area contributed by atoms with Gasteiger partial charge in [-0.15, -0.1) is 11.3 Å². The van der Waals surface area contributed by atoms with E-state index in [0.29, 0.717) is 49.3 Å². The molecule has 11 heteroatoms. The lowest BCUT2D eigenvalue weighted by atomic mass is 10.1. The Kier molecular flexibility index (Phi) is 6.75. The van der Waals surface area contributed by atoms with Gasteiger partial charge in [-0.2, -0.15) is 0 Å². The van der Waals surface area contributed by atoms with Gasteiger partial charge >= 0.3 is 0 Å². The summed E-state index contributed by atoms with van der Waals surface area (Å²) in [6, 6.07) is 11.2. The van der Waals surface area contributed by atoms with Crippen LogP contribution >= 0.6 is 23.1 Å². The first-order valence-corrected chi connectivity index (χ1v) is 12.8. The molecular formula is C23H23N5O4S2. The van der Waals surface area contributed by atoms with Gasteiger partial charge in [0.1, 0.15) is 5.69 Å². The number of thioether (sulfide) groups is 1. The van der Waals surface area contributed by atoms with Crippen molar-refractivity contribution < 1.29 is 14.5 Å². The van der Waals surface area contributed by atoms with E-state index in [0.717, 1.165) is 33.1 Å². The fourth-order valence-corrected chi connectivity index (χ4v) is 5.56. The number of nitro benzene ring substituents is 1. The van der Waals surface area contributed by atoms with E-state index in [1.807, 2.05) is 29.2 Å². The Labute approximate surface area is 204 Å². The van der Waals surface area contributed by atoms with E-state index in [-0.39, 0.29) is 16.5 Å². The molecule has 0 spiro atoms. The number of hydrogen-bond donors (Lipinski definition) is 1. The van der Waals surface area contributed by atoms with Crippen LogP contribution in [0.3, 0.4) is 0 Å². The molecule has 0 unspecified atom stereocenters. The standard InChI is InChI=1S/C23H23N5O4S2/c29-22(25-16-2-3-16)14-33-23-26-18-5-4-17(12-21(18)34-23)24-13-15-1-6-19(20(11-15)28(30)31)27-7-9-32-10-8-27/h1,4-6,11-13,16H,2-3,7-10,14H2,(H,25,29). The summed E-state index contributed by atoms with van der Waals surface area (Å²) < 4.78 is 7.17. The van der Waals surface area contributed by atoms with Gasteiger partial charge < -0.3 is 15.0 Å². The average Bonchev–Trinajstić information content (AvgIpc) is 3.57. The number of morpholine rings is 1. The third kappa shape index (κ3) is 5.54. The van der Waals surface area contributed by atoms with Gasteiger partial charge in [-0.3, -0.25) is 19.9 Å². The molecule has 0 atom stereocenters. The number of amides is 1. The largest absolute Gasteiger partial charge is 0.378 e. The number of fused-ring (bicyclic) bond motifs is 1. The van der Waals surface area contributed by atoms with Gasteiger partial charge in [-0.25, -0.2) is 4.98 Å². The van der Waals surface area contributed by atoms with Crippen molar-refractivity contribution in [2.75, 3.05) is 37.0 Å². The van der Waals surface area contributed by atoms with Crippen LogP contribution in [0.25, 0.3) is 10.2 Å². The summed E-state index contributed by atoms with van der Waals surface area (Å²) in [4.78, 5) is 34.3. The van der Waals surface area contributed by atoms with Gasteiger partial charge in [0.05, 0.1) is 39.8 Å². The van der Waals surface area contributed by atoms with E-state index in [1.165, 1.54) is 23.1 Å². The highest BCUT2D eigenvalue weighted by Crippen LogP contribution is 2.33. The topological polar surface area (TPSA) is 110 Å². The van der Waals surface area contributed by atoms with Crippen molar-refractivity contribution in [1.82, 2.24) is 10.3 Å². The average molecular weight is 498 g/mol. The van der Waals surface area contributed by atoms with Gasteiger partial charge in [-0.1, -0.05) is 17.8 Å². The van der Waals surface area contributed by atoms with Crippen LogP contribution in [0.5, 0.6) is 0 Å². The molecule has 1 saturated carbocycles. The molecule has 0 bridgehead atoms. The van der Waals surface area contributed by atoms with E-state index < -0.39 is 0 Å². The van der Waals surface area contributed by atoms with Crippen LogP contribution in [0.4, 0.5) is 17.1 Å². The summed E-state index contributed by atoms with van der Waals surface area (Å²) >= 11 is 2.97. The molecule has 5 rings (SSSR count). The van der Waals surface area contributed by atoms with Crippen LogP contribution in [0.15, 0.2) is 45.7 Å². The molecule has 1 saturated heterocycles. The predicted molar refractivity (Wildman–Crippen MR) is 135 cm³/mol. The molecule has 1 N–H and O–H groups in total. The Hall–Kier alpha value is -3.02. The summed E-state index contributed by atoms with van der Waals surface area (Å²) in [6.07, 6.45) is 3.79. The number of ether oxygens (including phenoxy) is 1. The minimum atomic E-state index is -0.352. The summed E-state index contributed by atoms with van der Waals surface area (Å²) in [6.45, 7) is 2.39. The maximum absolute atomic E-state index is 11.9. The Bertz CT molecular complexity index is 1250. The number of rotatable bonds is 8. The minimum Gasteiger partial charge on any atom is -0.378 e. The molecule has 34 heavy (non-hydrogen) atoms. The highest BCUT2D eigenvalue weighted by Gasteiger charge is 2.23. The molecule has 2 fully saturated rings. The number of nitrogens with one attached hydrogen (secondary N) is 1. The number of benzene rings is 2. The molecule has 0 radical (unpaired) electrons. The number of nitrogens with zero attached hydrogens (tertiary/aromatic N) is 4. The van der Waals surface area contributed by atoms with Crippen molar-refractivity contribution in [2.24, 2.45) is 4.99 Å². The maximum atomic E-state index is 11.9. The highest BCUT2D eigenvalue weighted by molar-refractivity contribution is 8.01. The molecule has 1 aliphatic carbocycles. The summed E-state index contributed by atoms with van der Waals surface area (Å²) in [5.74, 6) is 0.409. The third-order valence-corrected chi connectivity index (χ3v) is 7.69. The Morgan fingerprint density at radius 3 is 2.88 bits per heavy atom. The van der Waals surface area contributed by atoms with Gasteiger partial charge in [-0.05, 0) is 42.7 Å². The van der Waals surface area contributed by atoms with Crippen molar-refractivity contribution in [2.45, 2.75) is 23.2 Å². The second-order valence-corrected chi connectivity index (χ2v) is 10.4. The van der Waals surface area contributed by atoms with Gasteiger partial charge in [0.15, 0.2) is 4.34 Å². The van der Waals surface area contributed by atoms with Crippen LogP contribution in [-0.2, 0) is 9.53 Å². The summed E-state index contributed by atoms with van der Waals surface area (Å²) in [7, 11) is 0. The monoisotopic (exact) mass is 497 g/mol. The van der Waals surface area contributed by atoms with Crippen molar-refractivity contribution in [3.8, 4) is 0 Å². The lowest BCUT2D eigenvalue weighted by molar-refractivity contribution is -0.384. The van der Waals surface area contributed by atoms with Crippen LogP contribution in [-0.4, -0.2) is 60.1 Å². The first-order chi connectivity index (χ1) is 16.5. The summed E-state index contributed by atoms with van der Waals surface area (Å²) in [5, 5.41) is 14.6. The molecule has 1 amide bonds. The second-order valence-electron chi connectivity index (χ2n) is 8.13. The van der Waals surface area contributed by atoms with Crippen molar-refractivity contribution in [1.29, 1.82) is 0 Å². The van der Waals surface area contributed by atoms with E-state index >= 15 is 0 Å². The van der Waals surface area contributed by atoms with Crippen LogP contribution < -0.4 is 10.2 Å². The molecule has 176 valence electrons. The number of aliphatic imine (C=N–C) groups is 1. The number of nitro groups is 1. The normalized spacial score (nSPS) is 16.3. The molecule has 2 aliphatic rings. The molecule has 3 aromatic rings. The van der Waals surface area contributed by atoms with Gasteiger partial charge in [0, 0.05) is 31.4 Å². The molecule has 9 nitrogen and oxygen atoms in total. The molecule has 1 aliphatic heterocycles. The number of thiazole rings is 1. The fourth-order valence-electron chi connectivity index (χ4n) is 3.65. The molecule has 2 aromatic carbocycles. The second kappa shape index (κ2) is 10.1. The zero-order valence-corrected chi connectivity index (χ0v) is 19.9. The smallest absolute Gasteiger partial charge is 0.293 e. The maximum Gasteiger partial charge on any atom is 0.293 e. The molecular weight excluding hydrogens is 474 g/mol. The van der Waals surface area contributed by atoms with E-state index in [1.54, 1.807) is 18.3 Å². The fraction of sp³-hybridized carbons (Fsp3) is 0.348. The first-order valence-electron chi connectivity index (χ1n) is 11.0.